The van der Waals surface area contributed by atoms with Crippen LogP contribution in [0.25, 0.3) is 10.9 Å². The zero-order valence-electron chi connectivity index (χ0n) is 16.3. The van der Waals surface area contributed by atoms with Gasteiger partial charge in [0.1, 0.15) is 17.5 Å². The van der Waals surface area contributed by atoms with Crippen LogP contribution in [0, 0.1) is 24.4 Å². The predicted molar refractivity (Wildman–Crippen MR) is 108 cm³/mol. The number of aromatic nitrogens is 1. The molecule has 0 radical (unpaired) electrons. The summed E-state index contributed by atoms with van der Waals surface area (Å²) in [4.78, 5) is 12.3. The number of aromatic carboxylic acids is 1. The van der Waals surface area contributed by atoms with E-state index >= 15 is 0 Å². The first-order valence-corrected chi connectivity index (χ1v) is 10.8. The molecule has 0 unspecified atom stereocenters. The van der Waals surface area contributed by atoms with Crippen LogP contribution in [0.4, 0.5) is 18.9 Å². The van der Waals surface area contributed by atoms with Crippen molar-refractivity contribution in [1.29, 1.82) is 0 Å². The molecule has 1 aliphatic heterocycles. The van der Waals surface area contributed by atoms with E-state index in [0.717, 1.165) is 33.1 Å². The molecule has 0 spiro atoms. The Morgan fingerprint density at radius 3 is 2.58 bits per heavy atom. The summed E-state index contributed by atoms with van der Waals surface area (Å²) in [5.41, 5.74) is -0.529. The average molecular weight is 453 g/mol. The lowest BCUT2D eigenvalue weighted by molar-refractivity contribution is 0.0687. The third-order valence-corrected chi connectivity index (χ3v) is 6.73. The second kappa shape index (κ2) is 7.57. The summed E-state index contributed by atoms with van der Waals surface area (Å²) in [5, 5.41) is 10.1. The maximum absolute atomic E-state index is 14.4. The Labute approximate surface area is 175 Å². The fourth-order valence-corrected chi connectivity index (χ4v) is 5.13. The van der Waals surface area contributed by atoms with Crippen molar-refractivity contribution in [2.45, 2.75) is 19.9 Å². The van der Waals surface area contributed by atoms with Gasteiger partial charge in [-0.1, -0.05) is 0 Å². The van der Waals surface area contributed by atoms with Crippen molar-refractivity contribution in [2.24, 2.45) is 0 Å². The number of rotatable bonds is 4. The highest BCUT2D eigenvalue weighted by atomic mass is 32.2. The molecule has 1 aliphatic rings. The molecule has 164 valence electrons. The third-order valence-electron chi connectivity index (χ3n) is 5.22. The highest BCUT2D eigenvalue weighted by Gasteiger charge is 2.34. The molecule has 0 aliphatic carbocycles. The van der Waals surface area contributed by atoms with Gasteiger partial charge in [-0.05, 0) is 49.2 Å². The highest BCUT2D eigenvalue weighted by molar-refractivity contribution is 7.91. The maximum atomic E-state index is 14.4. The Kier molecular flexibility index (Phi) is 5.18. The van der Waals surface area contributed by atoms with Crippen LogP contribution in [-0.4, -0.2) is 37.2 Å². The number of carboxylic acid groups (broad SMARTS) is 1. The number of aryl methyl sites for hydroxylation is 1. The van der Waals surface area contributed by atoms with Gasteiger partial charge in [0.2, 0.25) is 0 Å². The minimum atomic E-state index is -4.04. The smallest absolute Gasteiger partial charge is 0.354 e. The van der Waals surface area contributed by atoms with Crippen molar-refractivity contribution in [2.75, 3.05) is 17.4 Å². The Morgan fingerprint density at radius 2 is 1.90 bits per heavy atom. The molecule has 0 atom stereocenters. The number of hydrogen-bond acceptors (Lipinski definition) is 3. The number of benzene rings is 2. The monoisotopic (exact) mass is 453 g/mol. The number of nitrogens with one attached hydrogen (secondary N) is 1. The van der Waals surface area contributed by atoms with Crippen LogP contribution in [0.3, 0.4) is 0 Å². The molecule has 0 amide bonds. The second-order valence-electron chi connectivity index (χ2n) is 7.27. The van der Waals surface area contributed by atoms with E-state index in [1.165, 1.54) is 13.0 Å². The summed E-state index contributed by atoms with van der Waals surface area (Å²) in [7, 11) is -4.04. The number of anilines is 1. The van der Waals surface area contributed by atoms with Crippen molar-refractivity contribution in [3.63, 3.8) is 0 Å². The van der Waals surface area contributed by atoms with Gasteiger partial charge < -0.3 is 9.67 Å². The molecule has 7 nitrogen and oxygen atoms in total. The standard InChI is InChI=1S/C20H18F3N3O4S/c1-11-7-14-17(9-16(11)23)25(10-12-8-13(21)3-4-15(12)22)19(20(27)28)18(14)26-6-2-5-24-31(26,29)30/h3-4,7-9,24H,2,5-6,10H2,1H3,(H,27,28). The van der Waals surface area contributed by atoms with Gasteiger partial charge in [-0.3, -0.25) is 4.31 Å². The number of hydrogen-bond donors (Lipinski definition) is 2. The zero-order chi connectivity index (χ0) is 22.5. The van der Waals surface area contributed by atoms with Gasteiger partial charge in [0.05, 0.1) is 17.7 Å². The van der Waals surface area contributed by atoms with Crippen LogP contribution in [0.1, 0.15) is 28.0 Å². The summed E-state index contributed by atoms with van der Waals surface area (Å²) in [6, 6.07) is 5.17. The largest absolute Gasteiger partial charge is 0.477 e. The van der Waals surface area contributed by atoms with Gasteiger partial charge in [0.25, 0.3) is 0 Å². The van der Waals surface area contributed by atoms with E-state index < -0.39 is 45.9 Å². The number of nitrogens with zero attached hydrogens (tertiary/aromatic N) is 2. The van der Waals surface area contributed by atoms with E-state index in [0.29, 0.717) is 6.42 Å². The van der Waals surface area contributed by atoms with Gasteiger partial charge in [0.15, 0.2) is 5.69 Å². The molecule has 2 aromatic carbocycles. The predicted octanol–water partition coefficient (Wildman–Crippen LogP) is 3.16. The summed E-state index contributed by atoms with van der Waals surface area (Å²) in [6.07, 6.45) is 0.420. The number of carboxylic acids is 1. The van der Waals surface area contributed by atoms with Gasteiger partial charge in [-0.25, -0.2) is 18.0 Å². The highest BCUT2D eigenvalue weighted by Crippen LogP contribution is 2.38. The van der Waals surface area contributed by atoms with Crippen molar-refractivity contribution < 1.29 is 31.5 Å². The van der Waals surface area contributed by atoms with E-state index in [9.17, 15) is 31.5 Å². The summed E-state index contributed by atoms with van der Waals surface area (Å²) in [5.74, 6) is -3.63. The molecule has 2 N–H and O–H groups in total. The Hall–Kier alpha value is -3.05. The molecule has 1 fully saturated rings. The minimum Gasteiger partial charge on any atom is -0.477 e. The molecule has 11 heteroatoms. The van der Waals surface area contributed by atoms with Crippen LogP contribution in [-0.2, 0) is 16.8 Å². The van der Waals surface area contributed by atoms with Crippen LogP contribution in [0.2, 0.25) is 0 Å². The van der Waals surface area contributed by atoms with E-state index in [1.54, 1.807) is 0 Å². The van der Waals surface area contributed by atoms with Gasteiger partial charge in [-0.15, -0.1) is 0 Å². The lowest BCUT2D eigenvalue weighted by Gasteiger charge is -2.29. The lowest BCUT2D eigenvalue weighted by Crippen LogP contribution is -2.47. The zero-order valence-corrected chi connectivity index (χ0v) is 17.1. The van der Waals surface area contributed by atoms with Crippen molar-refractivity contribution in [3.05, 3.63) is 64.6 Å². The molecule has 2 heterocycles. The quantitative estimate of drug-likeness (QED) is 0.635. The van der Waals surface area contributed by atoms with E-state index in [2.05, 4.69) is 4.72 Å². The Bertz CT molecular complexity index is 1320. The van der Waals surface area contributed by atoms with Crippen molar-refractivity contribution in [1.82, 2.24) is 9.29 Å². The van der Waals surface area contributed by atoms with Crippen molar-refractivity contribution >= 4 is 32.8 Å². The van der Waals surface area contributed by atoms with E-state index in [1.807, 2.05) is 0 Å². The molecule has 3 aromatic rings. The molecule has 0 saturated carbocycles. The van der Waals surface area contributed by atoms with Gasteiger partial charge in [-0.2, -0.15) is 13.1 Å². The molecule has 0 bridgehead atoms. The Balaban J connectivity index is 2.06. The third kappa shape index (κ3) is 3.63. The molecule has 1 saturated heterocycles. The number of carbonyl (C=O) groups is 1. The maximum Gasteiger partial charge on any atom is 0.354 e. The van der Waals surface area contributed by atoms with Crippen LogP contribution in [0.5, 0.6) is 0 Å². The topological polar surface area (TPSA) is 91.6 Å². The number of fused-ring (bicyclic) bond motifs is 1. The second-order valence-corrected chi connectivity index (χ2v) is 8.95. The molecular weight excluding hydrogens is 435 g/mol. The van der Waals surface area contributed by atoms with Gasteiger partial charge >= 0.3 is 16.2 Å². The average Bonchev–Trinajstić information content (AvgIpc) is 2.98. The van der Waals surface area contributed by atoms with E-state index in [4.69, 9.17) is 0 Å². The minimum absolute atomic E-state index is 0.0134. The molecule has 4 rings (SSSR count). The van der Waals surface area contributed by atoms with Crippen LogP contribution < -0.4 is 9.03 Å². The SMILES string of the molecule is Cc1cc2c(N3CCCNS3(=O)=O)c(C(=O)O)n(Cc3cc(F)ccc3F)c2cc1F. The van der Waals surface area contributed by atoms with E-state index in [-0.39, 0.29) is 40.8 Å². The van der Waals surface area contributed by atoms with Crippen molar-refractivity contribution in [3.8, 4) is 0 Å². The summed E-state index contributed by atoms with van der Waals surface area (Å²) in [6.45, 7) is 1.23. The van der Waals surface area contributed by atoms with Crippen LogP contribution in [0.15, 0.2) is 30.3 Å². The molecule has 1 aromatic heterocycles. The van der Waals surface area contributed by atoms with Crippen LogP contribution >= 0.6 is 0 Å². The molecular formula is C20H18F3N3O4S. The van der Waals surface area contributed by atoms with Gasteiger partial charge in [0, 0.05) is 24.0 Å². The molecule has 31 heavy (non-hydrogen) atoms. The number of halogens is 3. The normalized spacial score (nSPS) is 16.1. The lowest BCUT2D eigenvalue weighted by atomic mass is 10.1. The fraction of sp³-hybridized carbons (Fsp3) is 0.250. The summed E-state index contributed by atoms with van der Waals surface area (Å²) < 4.78 is 72.1. The Morgan fingerprint density at radius 1 is 1.16 bits per heavy atom. The first-order valence-electron chi connectivity index (χ1n) is 9.37. The first kappa shape index (κ1) is 21.2. The first-order chi connectivity index (χ1) is 14.6. The summed E-state index contributed by atoms with van der Waals surface area (Å²) >= 11 is 0. The fourth-order valence-electron chi connectivity index (χ4n) is 3.78.